The van der Waals surface area contributed by atoms with Gasteiger partial charge in [-0.2, -0.15) is 0 Å². The van der Waals surface area contributed by atoms with Gasteiger partial charge in [0, 0.05) is 25.7 Å². The summed E-state index contributed by atoms with van der Waals surface area (Å²) in [4.78, 5) is 72.4. The Labute approximate surface area is 524 Å². The summed E-state index contributed by atoms with van der Waals surface area (Å²) in [6.45, 7) is 14.0. The molecule has 0 spiro atoms. The van der Waals surface area contributed by atoms with E-state index in [-0.39, 0.29) is 25.7 Å². The van der Waals surface area contributed by atoms with Crippen LogP contribution in [0.15, 0.2) is 0 Å². The summed E-state index contributed by atoms with van der Waals surface area (Å²) >= 11 is 0. The number of hydrogen-bond acceptors (Lipinski definition) is 15. The molecule has 0 amide bonds. The number of aliphatic hydroxyl groups is 1. The van der Waals surface area contributed by atoms with Crippen LogP contribution in [0.1, 0.15) is 325 Å². The molecule has 0 fully saturated rings. The number of phosphoric acid groups is 2. The Bertz CT molecular complexity index is 1720. The number of phosphoric ester groups is 2. The van der Waals surface area contributed by atoms with Crippen molar-refractivity contribution in [2.45, 2.75) is 343 Å². The molecule has 0 radical (unpaired) electrons. The van der Waals surface area contributed by atoms with E-state index in [1.54, 1.807) is 0 Å². The van der Waals surface area contributed by atoms with E-state index < -0.39 is 97.5 Å². The lowest BCUT2D eigenvalue weighted by molar-refractivity contribution is -0.161. The van der Waals surface area contributed by atoms with Crippen molar-refractivity contribution >= 4 is 39.5 Å². The number of ether oxygens (including phenoxy) is 4. The topological polar surface area (TPSA) is 237 Å². The van der Waals surface area contributed by atoms with Gasteiger partial charge < -0.3 is 33.8 Å². The number of rotatable bonds is 64. The van der Waals surface area contributed by atoms with Gasteiger partial charge in [-0.05, 0) is 49.4 Å². The van der Waals surface area contributed by atoms with Crippen LogP contribution in [0.4, 0.5) is 0 Å². The van der Waals surface area contributed by atoms with Gasteiger partial charge in [-0.25, -0.2) is 9.13 Å². The lowest BCUT2D eigenvalue weighted by Gasteiger charge is -2.21. The number of aliphatic hydroxyl groups excluding tert-OH is 1. The van der Waals surface area contributed by atoms with Crippen LogP contribution in [0.2, 0.25) is 0 Å². The van der Waals surface area contributed by atoms with Crippen molar-refractivity contribution in [2.75, 3.05) is 39.6 Å². The second kappa shape index (κ2) is 57.0. The van der Waals surface area contributed by atoms with Crippen molar-refractivity contribution < 1.29 is 80.2 Å². The summed E-state index contributed by atoms with van der Waals surface area (Å²) in [6, 6.07) is 0. The van der Waals surface area contributed by atoms with Crippen molar-refractivity contribution in [3.63, 3.8) is 0 Å². The molecule has 0 aliphatic carbocycles. The first-order chi connectivity index (χ1) is 41.1. The highest BCUT2D eigenvalue weighted by Crippen LogP contribution is 2.45. The zero-order valence-electron chi connectivity index (χ0n) is 55.9. The van der Waals surface area contributed by atoms with Crippen LogP contribution in [0.25, 0.3) is 0 Å². The number of carbonyl (C=O) groups excluding carboxylic acids is 4. The lowest BCUT2D eigenvalue weighted by Crippen LogP contribution is -2.30. The molecule has 0 aromatic rings. The van der Waals surface area contributed by atoms with Crippen LogP contribution in [-0.4, -0.2) is 96.7 Å². The Morgan fingerprint density at radius 2 is 0.558 bits per heavy atom. The van der Waals surface area contributed by atoms with E-state index in [1.165, 1.54) is 122 Å². The average Bonchev–Trinajstić information content (AvgIpc) is 3.64. The molecule has 86 heavy (non-hydrogen) atoms. The van der Waals surface area contributed by atoms with Gasteiger partial charge in [-0.15, -0.1) is 0 Å². The predicted molar refractivity (Wildman–Crippen MR) is 344 cm³/mol. The smallest absolute Gasteiger partial charge is 0.462 e. The molecule has 0 aliphatic rings. The molecule has 3 N–H and O–H groups in total. The van der Waals surface area contributed by atoms with E-state index in [1.807, 2.05) is 0 Å². The van der Waals surface area contributed by atoms with Gasteiger partial charge in [-0.1, -0.05) is 274 Å². The summed E-state index contributed by atoms with van der Waals surface area (Å²) in [7, 11) is -9.90. The molecule has 0 rings (SSSR count). The first-order valence-corrected chi connectivity index (χ1v) is 37.7. The Morgan fingerprint density at radius 1 is 0.326 bits per heavy atom. The van der Waals surface area contributed by atoms with Crippen molar-refractivity contribution in [1.82, 2.24) is 0 Å². The molecule has 0 saturated heterocycles. The molecule has 0 aliphatic heterocycles. The van der Waals surface area contributed by atoms with Gasteiger partial charge in [0.25, 0.3) is 0 Å². The van der Waals surface area contributed by atoms with Gasteiger partial charge >= 0.3 is 39.5 Å². The normalized spacial score (nSPS) is 14.7. The molecule has 17 nitrogen and oxygen atoms in total. The third-order valence-corrected chi connectivity index (χ3v) is 17.6. The van der Waals surface area contributed by atoms with Crippen LogP contribution < -0.4 is 0 Å². The van der Waals surface area contributed by atoms with Gasteiger partial charge in [0.1, 0.15) is 19.3 Å². The van der Waals surface area contributed by atoms with Crippen molar-refractivity contribution in [3.05, 3.63) is 0 Å². The van der Waals surface area contributed by atoms with E-state index in [0.29, 0.717) is 25.7 Å². The highest BCUT2D eigenvalue weighted by molar-refractivity contribution is 7.47. The summed E-state index contributed by atoms with van der Waals surface area (Å²) in [5.41, 5.74) is 0. The SMILES string of the molecule is CCC(C)CCCCCCCCC(=O)OC[C@H](COP(=O)(O)OC[C@H](O)COP(=O)(O)OC[C@@H](COC(=O)CCCCCCCCCCCCC(C)C)OC(=O)CCCCCCCCCCC(C)C)OC(=O)CCCCCCCCCCCC(C)C. The minimum Gasteiger partial charge on any atom is -0.462 e. The first-order valence-electron chi connectivity index (χ1n) is 34.7. The quantitative estimate of drug-likeness (QED) is 0.0222. The van der Waals surface area contributed by atoms with Gasteiger partial charge in [0.2, 0.25) is 0 Å². The van der Waals surface area contributed by atoms with Crippen LogP contribution in [0.3, 0.4) is 0 Å². The van der Waals surface area contributed by atoms with E-state index in [0.717, 1.165) is 120 Å². The maximum absolute atomic E-state index is 13.0. The van der Waals surface area contributed by atoms with Crippen molar-refractivity contribution in [2.24, 2.45) is 23.7 Å². The molecule has 0 saturated carbocycles. The standard InChI is InChI=1S/C67H130O17P2/c1-9-60(8)46-38-30-25-26-32-40-48-65(70)78-54-63(83-66(71)49-41-33-23-16-12-14-20-28-36-44-58(4)5)56-82-86(75,76)80-52-61(68)51-79-85(73,74)81-55-62(84-67(72)50-42-34-24-18-17-21-29-37-45-59(6)7)53-77-64(69)47-39-31-22-15-11-10-13-19-27-35-43-57(2)3/h57-63,68H,9-56H2,1-8H3,(H,73,74)(H,75,76)/t60?,61-,62-,63-/m1/s1. The van der Waals surface area contributed by atoms with E-state index in [2.05, 4.69) is 55.4 Å². The van der Waals surface area contributed by atoms with Crippen LogP contribution in [0.5, 0.6) is 0 Å². The molecule has 0 heterocycles. The van der Waals surface area contributed by atoms with Crippen LogP contribution in [-0.2, 0) is 65.4 Å². The minimum atomic E-state index is -4.95. The Hall–Kier alpha value is -1.94. The molecule has 0 aromatic carbocycles. The zero-order valence-corrected chi connectivity index (χ0v) is 57.7. The van der Waals surface area contributed by atoms with E-state index in [9.17, 15) is 43.2 Å². The van der Waals surface area contributed by atoms with E-state index in [4.69, 9.17) is 37.0 Å². The summed E-state index contributed by atoms with van der Waals surface area (Å²) in [5, 5.41) is 10.6. The minimum absolute atomic E-state index is 0.103. The third-order valence-electron chi connectivity index (χ3n) is 15.7. The van der Waals surface area contributed by atoms with Gasteiger partial charge in [0.05, 0.1) is 26.4 Å². The Balaban J connectivity index is 5.26. The predicted octanol–water partition coefficient (Wildman–Crippen LogP) is 18.5. The number of unbranched alkanes of at least 4 members (excludes halogenated alkanes) is 29. The maximum Gasteiger partial charge on any atom is 0.472 e. The van der Waals surface area contributed by atoms with Crippen molar-refractivity contribution in [1.29, 1.82) is 0 Å². The highest BCUT2D eigenvalue weighted by Gasteiger charge is 2.30. The van der Waals surface area contributed by atoms with Crippen LogP contribution >= 0.6 is 15.6 Å². The fourth-order valence-corrected chi connectivity index (χ4v) is 11.5. The second-order valence-electron chi connectivity index (χ2n) is 25.9. The first kappa shape index (κ1) is 84.1. The fourth-order valence-electron chi connectivity index (χ4n) is 9.93. The Morgan fingerprint density at radius 3 is 0.826 bits per heavy atom. The van der Waals surface area contributed by atoms with Crippen LogP contribution in [0, 0.1) is 23.7 Å². The zero-order chi connectivity index (χ0) is 63.9. The lowest BCUT2D eigenvalue weighted by atomic mass is 10.00. The largest absolute Gasteiger partial charge is 0.472 e. The summed E-state index contributed by atoms with van der Waals surface area (Å²) < 4.78 is 68.1. The van der Waals surface area contributed by atoms with Gasteiger partial charge in [-0.3, -0.25) is 37.3 Å². The fraction of sp³-hybridized carbons (Fsp3) is 0.940. The second-order valence-corrected chi connectivity index (χ2v) is 28.8. The molecule has 3 unspecified atom stereocenters. The molecular weight excluding hydrogens is 1140 g/mol. The Kier molecular flexibility index (Phi) is 55.7. The number of hydrogen-bond donors (Lipinski definition) is 3. The van der Waals surface area contributed by atoms with E-state index >= 15 is 0 Å². The van der Waals surface area contributed by atoms with Gasteiger partial charge in [0.15, 0.2) is 12.2 Å². The highest BCUT2D eigenvalue weighted by atomic mass is 31.2. The van der Waals surface area contributed by atoms with Crippen molar-refractivity contribution in [3.8, 4) is 0 Å². The molecule has 0 aromatic heterocycles. The average molecular weight is 1270 g/mol. The third kappa shape index (κ3) is 59.7. The molecule has 19 heteroatoms. The number of esters is 4. The molecule has 0 bridgehead atoms. The summed E-state index contributed by atoms with van der Waals surface area (Å²) in [6.07, 6.45) is 37.6. The maximum atomic E-state index is 13.0. The molecular formula is C67H130O17P2. The monoisotopic (exact) mass is 1270 g/mol. The summed E-state index contributed by atoms with van der Waals surface area (Å²) in [5.74, 6) is 0.808. The molecule has 510 valence electrons. The number of carbonyl (C=O) groups is 4. The molecule has 6 atom stereocenters.